The number of nitrogens with zero attached hydrogens (tertiary/aromatic N) is 1. The molecular weight excluding hydrogens is 371 g/mol. The first-order valence-corrected chi connectivity index (χ1v) is 9.43. The smallest absolute Gasteiger partial charge is 0.228 e. The molecule has 26 heavy (non-hydrogen) atoms. The molecule has 1 aliphatic heterocycles. The van der Waals surface area contributed by atoms with Crippen LogP contribution in [-0.2, 0) is 11.3 Å². The number of carbonyl (C=O) groups is 1. The minimum Gasteiger partial charge on any atom is -0.495 e. The molecule has 138 valence electrons. The van der Waals surface area contributed by atoms with Crippen LogP contribution in [0.2, 0.25) is 10.0 Å². The van der Waals surface area contributed by atoms with E-state index in [0.717, 1.165) is 24.9 Å². The summed E-state index contributed by atoms with van der Waals surface area (Å²) in [5, 5.41) is 4.33. The second-order valence-corrected chi connectivity index (χ2v) is 7.28. The van der Waals surface area contributed by atoms with Gasteiger partial charge in [0.2, 0.25) is 5.91 Å². The van der Waals surface area contributed by atoms with E-state index in [-0.39, 0.29) is 11.8 Å². The highest BCUT2D eigenvalue weighted by molar-refractivity contribution is 6.35. The molecule has 1 amide bonds. The summed E-state index contributed by atoms with van der Waals surface area (Å²) in [6.07, 6.45) is 1.83. The summed E-state index contributed by atoms with van der Waals surface area (Å²) in [5.41, 5.74) is 1.62. The number of ether oxygens (including phenoxy) is 1. The van der Waals surface area contributed by atoms with Crippen molar-refractivity contribution in [2.45, 2.75) is 19.4 Å². The SMILES string of the molecule is COc1ccccc1NC(=O)C1CCCN(Cc2c(Cl)cccc2Cl)C1. The standard InChI is InChI=1S/C20H22Cl2N2O2/c1-26-19-10-3-2-9-18(19)23-20(25)14-6-5-11-24(12-14)13-15-16(21)7-4-8-17(15)22/h2-4,7-10,14H,5-6,11-13H2,1H3,(H,23,25). The van der Waals surface area contributed by atoms with E-state index in [0.29, 0.717) is 34.6 Å². The van der Waals surface area contributed by atoms with Gasteiger partial charge in [-0.15, -0.1) is 0 Å². The maximum atomic E-state index is 12.7. The first-order valence-electron chi connectivity index (χ1n) is 8.67. The van der Waals surface area contributed by atoms with Gasteiger partial charge in [-0.3, -0.25) is 9.69 Å². The Morgan fingerprint density at radius 2 is 1.92 bits per heavy atom. The number of rotatable bonds is 5. The molecule has 1 aliphatic rings. The van der Waals surface area contributed by atoms with Crippen molar-refractivity contribution in [3.8, 4) is 5.75 Å². The zero-order valence-electron chi connectivity index (χ0n) is 14.7. The largest absolute Gasteiger partial charge is 0.495 e. The van der Waals surface area contributed by atoms with Crippen molar-refractivity contribution in [1.82, 2.24) is 4.90 Å². The first-order chi connectivity index (χ1) is 12.6. The van der Waals surface area contributed by atoms with Gasteiger partial charge in [0.1, 0.15) is 5.75 Å². The van der Waals surface area contributed by atoms with Crippen LogP contribution in [0.4, 0.5) is 5.69 Å². The number of nitrogens with one attached hydrogen (secondary N) is 1. The zero-order chi connectivity index (χ0) is 18.5. The van der Waals surface area contributed by atoms with Crippen molar-refractivity contribution in [3.63, 3.8) is 0 Å². The van der Waals surface area contributed by atoms with Crippen molar-refractivity contribution in [3.05, 3.63) is 58.1 Å². The Labute approximate surface area is 164 Å². The van der Waals surface area contributed by atoms with Gasteiger partial charge in [-0.1, -0.05) is 41.4 Å². The molecule has 2 aromatic carbocycles. The van der Waals surface area contributed by atoms with Crippen LogP contribution < -0.4 is 10.1 Å². The normalized spacial score (nSPS) is 17.7. The van der Waals surface area contributed by atoms with Gasteiger partial charge in [0.25, 0.3) is 0 Å². The van der Waals surface area contributed by atoms with Crippen LogP contribution in [0.25, 0.3) is 0 Å². The predicted octanol–water partition coefficient (Wildman–Crippen LogP) is 4.85. The maximum absolute atomic E-state index is 12.7. The zero-order valence-corrected chi connectivity index (χ0v) is 16.2. The fraction of sp³-hybridized carbons (Fsp3) is 0.350. The van der Waals surface area contributed by atoms with E-state index in [9.17, 15) is 4.79 Å². The molecule has 1 unspecified atom stereocenters. The van der Waals surface area contributed by atoms with Gasteiger partial charge in [-0.25, -0.2) is 0 Å². The Morgan fingerprint density at radius 1 is 1.19 bits per heavy atom. The molecule has 1 N–H and O–H groups in total. The number of piperidine rings is 1. The molecule has 1 atom stereocenters. The molecule has 6 heteroatoms. The number of para-hydroxylation sites is 2. The lowest BCUT2D eigenvalue weighted by atomic mass is 9.96. The molecule has 0 radical (unpaired) electrons. The Hall–Kier alpha value is -1.75. The van der Waals surface area contributed by atoms with Crippen molar-refractivity contribution in [2.75, 3.05) is 25.5 Å². The van der Waals surface area contributed by atoms with Crippen molar-refractivity contribution >= 4 is 34.8 Å². The Balaban J connectivity index is 1.65. The third-order valence-corrected chi connectivity index (χ3v) is 5.39. The molecule has 0 bridgehead atoms. The molecule has 2 aromatic rings. The summed E-state index contributed by atoms with van der Waals surface area (Å²) < 4.78 is 5.31. The number of likely N-dealkylation sites (tertiary alicyclic amines) is 1. The topological polar surface area (TPSA) is 41.6 Å². The van der Waals surface area contributed by atoms with E-state index in [1.54, 1.807) is 7.11 Å². The second-order valence-electron chi connectivity index (χ2n) is 6.46. The number of halogens is 2. The van der Waals surface area contributed by atoms with Crippen LogP contribution in [-0.4, -0.2) is 31.0 Å². The highest BCUT2D eigenvalue weighted by Crippen LogP contribution is 2.29. The second kappa shape index (κ2) is 8.76. The summed E-state index contributed by atoms with van der Waals surface area (Å²) in [6.45, 7) is 2.26. The van der Waals surface area contributed by atoms with Crippen LogP contribution in [0.1, 0.15) is 18.4 Å². The molecule has 1 saturated heterocycles. The molecule has 1 heterocycles. The summed E-state index contributed by atoms with van der Waals surface area (Å²) in [5.74, 6) is 0.607. The van der Waals surface area contributed by atoms with E-state index in [1.807, 2.05) is 42.5 Å². The minimum atomic E-state index is -0.0741. The van der Waals surface area contributed by atoms with Crippen LogP contribution in [0.3, 0.4) is 0 Å². The lowest BCUT2D eigenvalue weighted by Crippen LogP contribution is -2.40. The molecule has 4 nitrogen and oxygen atoms in total. The average molecular weight is 393 g/mol. The van der Waals surface area contributed by atoms with Gasteiger partial charge in [0.05, 0.1) is 18.7 Å². The molecule has 0 aliphatic carbocycles. The molecule has 0 spiro atoms. The fourth-order valence-corrected chi connectivity index (χ4v) is 3.82. The van der Waals surface area contributed by atoms with Crippen LogP contribution in [0.15, 0.2) is 42.5 Å². The van der Waals surface area contributed by atoms with Gasteiger partial charge in [-0.2, -0.15) is 0 Å². The highest BCUT2D eigenvalue weighted by Gasteiger charge is 2.27. The third-order valence-electron chi connectivity index (χ3n) is 4.68. The number of benzene rings is 2. The summed E-state index contributed by atoms with van der Waals surface area (Å²) in [4.78, 5) is 15.0. The number of hydrogen-bond acceptors (Lipinski definition) is 3. The average Bonchev–Trinajstić information content (AvgIpc) is 2.65. The summed E-state index contributed by atoms with van der Waals surface area (Å²) in [6, 6.07) is 13.0. The first kappa shape index (κ1) is 19.0. The summed E-state index contributed by atoms with van der Waals surface area (Å²) >= 11 is 12.6. The fourth-order valence-electron chi connectivity index (χ4n) is 3.30. The molecule has 1 fully saturated rings. The lowest BCUT2D eigenvalue weighted by molar-refractivity contribution is -0.121. The monoisotopic (exact) mass is 392 g/mol. The van der Waals surface area contributed by atoms with E-state index >= 15 is 0 Å². The molecular formula is C20H22Cl2N2O2. The summed E-state index contributed by atoms with van der Waals surface area (Å²) in [7, 11) is 1.60. The van der Waals surface area contributed by atoms with Gasteiger partial charge in [0, 0.05) is 28.7 Å². The van der Waals surface area contributed by atoms with E-state index < -0.39 is 0 Å². The van der Waals surface area contributed by atoms with Gasteiger partial charge >= 0.3 is 0 Å². The van der Waals surface area contributed by atoms with Crippen LogP contribution >= 0.6 is 23.2 Å². The van der Waals surface area contributed by atoms with Crippen molar-refractivity contribution in [2.24, 2.45) is 5.92 Å². The van der Waals surface area contributed by atoms with Gasteiger partial charge in [-0.05, 0) is 43.7 Å². The third kappa shape index (κ3) is 4.50. The Morgan fingerprint density at radius 3 is 2.65 bits per heavy atom. The number of methoxy groups -OCH3 is 1. The molecule has 0 saturated carbocycles. The highest BCUT2D eigenvalue weighted by atomic mass is 35.5. The molecule has 0 aromatic heterocycles. The van der Waals surface area contributed by atoms with E-state index in [1.165, 1.54) is 0 Å². The van der Waals surface area contributed by atoms with Crippen molar-refractivity contribution in [1.29, 1.82) is 0 Å². The Kier molecular flexibility index (Phi) is 6.41. The van der Waals surface area contributed by atoms with Crippen LogP contribution in [0, 0.1) is 5.92 Å². The van der Waals surface area contributed by atoms with E-state index in [2.05, 4.69) is 10.2 Å². The number of carbonyl (C=O) groups excluding carboxylic acids is 1. The quantitative estimate of drug-likeness (QED) is 0.790. The predicted molar refractivity (Wildman–Crippen MR) is 106 cm³/mol. The maximum Gasteiger partial charge on any atom is 0.228 e. The number of hydrogen-bond donors (Lipinski definition) is 1. The number of amides is 1. The molecule has 3 rings (SSSR count). The van der Waals surface area contributed by atoms with Gasteiger partial charge < -0.3 is 10.1 Å². The lowest BCUT2D eigenvalue weighted by Gasteiger charge is -2.32. The Bertz CT molecular complexity index is 762. The van der Waals surface area contributed by atoms with Crippen molar-refractivity contribution < 1.29 is 9.53 Å². The van der Waals surface area contributed by atoms with Crippen LogP contribution in [0.5, 0.6) is 5.75 Å². The number of anilines is 1. The van der Waals surface area contributed by atoms with E-state index in [4.69, 9.17) is 27.9 Å². The minimum absolute atomic E-state index is 0.0180. The van der Waals surface area contributed by atoms with Gasteiger partial charge in [0.15, 0.2) is 0 Å².